The number of aryl methyl sites for hydroxylation is 2. The van der Waals surface area contributed by atoms with Crippen LogP contribution in [0.4, 0.5) is 0 Å². The predicted octanol–water partition coefficient (Wildman–Crippen LogP) is 13.0. The number of aromatic nitrogens is 4. The fraction of sp³-hybridized carbons (Fsp3) is 0.333. The number of fused-ring (bicyclic) bond motifs is 3. The Morgan fingerprint density at radius 1 is 0.796 bits per heavy atom. The van der Waals surface area contributed by atoms with Gasteiger partial charge < -0.3 is 9.30 Å². The molecule has 1 unspecified atom stereocenters. The van der Waals surface area contributed by atoms with E-state index in [9.17, 15) is 0 Å². The van der Waals surface area contributed by atoms with Gasteiger partial charge in [-0.15, -0.1) is 35.7 Å². The zero-order valence-corrected chi connectivity index (χ0v) is 35.6. The molecular weight excluding hydrogens is 844 g/mol. The monoisotopic (exact) mass is 895 g/mol. The number of rotatable bonds is 9. The molecule has 0 saturated heterocycles. The predicted molar refractivity (Wildman–Crippen MR) is 220 cm³/mol. The van der Waals surface area contributed by atoms with E-state index in [1.165, 1.54) is 35.8 Å². The summed E-state index contributed by atoms with van der Waals surface area (Å²) in [5.41, 5.74) is 11.2. The van der Waals surface area contributed by atoms with Gasteiger partial charge >= 0.3 is 21.1 Å². The SMILES string of the molecule is Cc1cc(Oc2[c-]c3c(cc2)c2cc(C(C)CCCC(C)(C)C)ccc2n3-c2cc(C(C)(C)C)ccn2)[c-]c(-n2nc(C)c(-c3ccccc3)c2C)c1.[Pt+2]. The Balaban J connectivity index is 0.00000497. The molecule has 7 aromatic rings. The zero-order valence-electron chi connectivity index (χ0n) is 33.4. The minimum Gasteiger partial charge on any atom is -0.509 e. The van der Waals surface area contributed by atoms with Crippen LogP contribution in [0.3, 0.4) is 0 Å². The molecule has 4 aromatic carbocycles. The Labute approximate surface area is 336 Å². The summed E-state index contributed by atoms with van der Waals surface area (Å²) >= 11 is 0. The first-order chi connectivity index (χ1) is 25.2. The average Bonchev–Trinajstić information content (AvgIpc) is 3.59. The van der Waals surface area contributed by atoms with Crippen molar-refractivity contribution in [2.24, 2.45) is 5.41 Å². The molecule has 7 rings (SSSR count). The van der Waals surface area contributed by atoms with Gasteiger partial charge in [0.05, 0.1) is 5.69 Å². The van der Waals surface area contributed by atoms with E-state index in [1.807, 2.05) is 29.1 Å². The van der Waals surface area contributed by atoms with Gasteiger partial charge in [0.15, 0.2) is 0 Å². The first-order valence-corrected chi connectivity index (χ1v) is 19.0. The molecular formula is C48H52N4OPt. The molecule has 0 spiro atoms. The normalized spacial score (nSPS) is 12.6. The number of hydrogen-bond acceptors (Lipinski definition) is 3. The standard InChI is InChI=1S/C48H52N4O.Pt/c1-31-25-38(52-34(4)46(33(3)50-52)35-16-12-11-13-17-35)29-40(26-31)53-39-19-20-41-42-27-36(32(2)15-14-23-47(5,6)7)18-21-43(42)51(44(41)30-39)45-28-37(22-24-49-45)48(8,9)10;/h11-13,16-22,24-28,32H,14-15,23H2,1-10H3;/q-2;+2. The Kier molecular flexibility index (Phi) is 11.1. The Morgan fingerprint density at radius 2 is 1.56 bits per heavy atom. The first-order valence-electron chi connectivity index (χ1n) is 19.0. The maximum atomic E-state index is 6.60. The van der Waals surface area contributed by atoms with Crippen LogP contribution >= 0.6 is 0 Å². The van der Waals surface area contributed by atoms with Gasteiger partial charge in [-0.25, -0.2) is 4.98 Å². The molecule has 280 valence electrons. The topological polar surface area (TPSA) is 44.9 Å². The van der Waals surface area contributed by atoms with Crippen LogP contribution in [0.2, 0.25) is 0 Å². The van der Waals surface area contributed by atoms with Gasteiger partial charge in [-0.3, -0.25) is 4.68 Å². The van der Waals surface area contributed by atoms with Gasteiger partial charge in [0.1, 0.15) is 5.82 Å². The summed E-state index contributed by atoms with van der Waals surface area (Å²) in [6, 6.07) is 37.2. The summed E-state index contributed by atoms with van der Waals surface area (Å²) in [5.74, 6) is 2.58. The van der Waals surface area contributed by atoms with E-state index in [0.29, 0.717) is 22.8 Å². The number of benzene rings is 4. The minimum absolute atomic E-state index is 0. The van der Waals surface area contributed by atoms with Crippen molar-refractivity contribution in [3.63, 3.8) is 0 Å². The van der Waals surface area contributed by atoms with Crippen LogP contribution < -0.4 is 4.74 Å². The number of pyridine rings is 1. The molecule has 0 aliphatic carbocycles. The summed E-state index contributed by atoms with van der Waals surface area (Å²) in [5, 5.41) is 7.27. The molecule has 0 fully saturated rings. The minimum atomic E-state index is -0.0177. The van der Waals surface area contributed by atoms with Gasteiger partial charge in [-0.05, 0) is 89.4 Å². The maximum absolute atomic E-state index is 6.60. The summed E-state index contributed by atoms with van der Waals surface area (Å²) in [7, 11) is 0. The van der Waals surface area contributed by atoms with Gasteiger partial charge in [-0.2, -0.15) is 16.7 Å². The molecule has 5 nitrogen and oxygen atoms in total. The third-order valence-electron chi connectivity index (χ3n) is 10.4. The van der Waals surface area contributed by atoms with Gasteiger partial charge in [0, 0.05) is 34.5 Å². The molecule has 54 heavy (non-hydrogen) atoms. The van der Waals surface area contributed by atoms with Crippen molar-refractivity contribution in [3.05, 3.63) is 131 Å². The summed E-state index contributed by atoms with van der Waals surface area (Å²) in [6.45, 7) is 22.3. The Bertz CT molecular complexity index is 2420. The van der Waals surface area contributed by atoms with Crippen LogP contribution in [0, 0.1) is 38.3 Å². The molecule has 3 heterocycles. The largest absolute Gasteiger partial charge is 2.00 e. The summed E-state index contributed by atoms with van der Waals surface area (Å²) in [6.07, 6.45) is 5.53. The van der Waals surface area contributed by atoms with Gasteiger partial charge in [0.25, 0.3) is 0 Å². The van der Waals surface area contributed by atoms with Crippen LogP contribution in [0.5, 0.6) is 11.5 Å². The molecule has 0 amide bonds. The fourth-order valence-corrected chi connectivity index (χ4v) is 7.51. The van der Waals surface area contributed by atoms with E-state index >= 15 is 0 Å². The third kappa shape index (κ3) is 8.13. The van der Waals surface area contributed by atoms with E-state index in [0.717, 1.165) is 56.0 Å². The molecule has 3 aromatic heterocycles. The van der Waals surface area contributed by atoms with E-state index < -0.39 is 0 Å². The third-order valence-corrected chi connectivity index (χ3v) is 10.4. The second-order valence-corrected chi connectivity index (χ2v) is 17.0. The maximum Gasteiger partial charge on any atom is 2.00 e. The van der Waals surface area contributed by atoms with Crippen molar-refractivity contribution in [1.29, 1.82) is 0 Å². The van der Waals surface area contributed by atoms with Crippen LogP contribution in [0.25, 0.3) is 44.4 Å². The van der Waals surface area contributed by atoms with Crippen LogP contribution in [0.1, 0.15) is 102 Å². The molecule has 1 atom stereocenters. The number of nitrogens with zero attached hydrogens (tertiary/aromatic N) is 4. The van der Waals surface area contributed by atoms with Crippen molar-refractivity contribution in [2.75, 3.05) is 0 Å². The smallest absolute Gasteiger partial charge is 0.509 e. The summed E-state index contributed by atoms with van der Waals surface area (Å²) in [4.78, 5) is 4.91. The molecule has 0 aliphatic rings. The van der Waals surface area contributed by atoms with E-state index in [1.54, 1.807) is 0 Å². The molecule has 0 radical (unpaired) electrons. The molecule has 0 N–H and O–H groups in total. The quantitative estimate of drug-likeness (QED) is 0.136. The van der Waals surface area contributed by atoms with E-state index in [2.05, 4.69) is 153 Å². The van der Waals surface area contributed by atoms with Gasteiger partial charge in [0.2, 0.25) is 0 Å². The molecule has 0 aliphatic heterocycles. The number of ether oxygens (including phenoxy) is 1. The molecule has 6 heteroatoms. The van der Waals surface area contributed by atoms with E-state index in [4.69, 9.17) is 14.8 Å². The van der Waals surface area contributed by atoms with E-state index in [-0.39, 0.29) is 26.5 Å². The first kappa shape index (κ1) is 39.2. The Morgan fingerprint density at radius 3 is 2.28 bits per heavy atom. The Hall–Kier alpha value is -4.47. The number of hydrogen-bond donors (Lipinski definition) is 0. The van der Waals surface area contributed by atoms with Crippen molar-refractivity contribution in [3.8, 4) is 34.1 Å². The van der Waals surface area contributed by atoms with Crippen molar-refractivity contribution in [1.82, 2.24) is 19.3 Å². The zero-order chi connectivity index (χ0) is 37.7. The van der Waals surface area contributed by atoms with Crippen molar-refractivity contribution in [2.45, 2.75) is 99.8 Å². The van der Waals surface area contributed by atoms with Crippen LogP contribution in [-0.2, 0) is 26.5 Å². The average molecular weight is 896 g/mol. The fourth-order valence-electron chi connectivity index (χ4n) is 7.51. The summed E-state index contributed by atoms with van der Waals surface area (Å²) < 4.78 is 10.8. The second-order valence-electron chi connectivity index (χ2n) is 17.0. The van der Waals surface area contributed by atoms with Crippen LogP contribution in [0.15, 0.2) is 91.1 Å². The van der Waals surface area contributed by atoms with Crippen molar-refractivity contribution < 1.29 is 25.8 Å². The van der Waals surface area contributed by atoms with Gasteiger partial charge in [-0.1, -0.05) is 110 Å². The van der Waals surface area contributed by atoms with Crippen molar-refractivity contribution >= 4 is 21.8 Å². The molecule has 0 saturated carbocycles. The molecule has 0 bridgehead atoms. The van der Waals surface area contributed by atoms with Crippen LogP contribution in [-0.4, -0.2) is 19.3 Å². The second kappa shape index (κ2) is 15.3.